The second kappa shape index (κ2) is 6.57. The zero-order valence-corrected chi connectivity index (χ0v) is 11.7. The van der Waals surface area contributed by atoms with Crippen molar-refractivity contribution < 1.29 is 13.5 Å². The predicted molar refractivity (Wildman–Crippen MR) is 76.3 cm³/mol. The van der Waals surface area contributed by atoms with Gasteiger partial charge in [-0.25, -0.2) is 8.78 Å². The standard InChI is InChI=1S/C15H14ClF2NO/c1-2-20-15-6-5-12(8-14(15)18)19-9-10-3-4-11(16)7-13(10)17/h3-8,19H,2,9H2,1H3. The fraction of sp³-hybridized carbons (Fsp3) is 0.200. The minimum atomic E-state index is -0.451. The van der Waals surface area contributed by atoms with Gasteiger partial charge in [-0.1, -0.05) is 17.7 Å². The van der Waals surface area contributed by atoms with Crippen molar-refractivity contribution in [3.8, 4) is 5.75 Å². The fourth-order valence-corrected chi connectivity index (χ4v) is 1.90. The number of anilines is 1. The van der Waals surface area contributed by atoms with Gasteiger partial charge in [0.2, 0.25) is 0 Å². The van der Waals surface area contributed by atoms with Crippen LogP contribution in [0.5, 0.6) is 5.75 Å². The van der Waals surface area contributed by atoms with Crippen molar-refractivity contribution in [1.82, 2.24) is 0 Å². The van der Waals surface area contributed by atoms with Crippen LogP contribution in [0, 0.1) is 11.6 Å². The first kappa shape index (κ1) is 14.6. The molecular weight excluding hydrogens is 284 g/mol. The fourth-order valence-electron chi connectivity index (χ4n) is 1.75. The summed E-state index contributed by atoms with van der Waals surface area (Å²) < 4.78 is 32.3. The van der Waals surface area contributed by atoms with Gasteiger partial charge in [0.05, 0.1) is 6.61 Å². The van der Waals surface area contributed by atoms with Crippen LogP contribution in [0.15, 0.2) is 36.4 Å². The number of nitrogens with one attached hydrogen (secondary N) is 1. The van der Waals surface area contributed by atoms with E-state index in [4.69, 9.17) is 16.3 Å². The summed E-state index contributed by atoms with van der Waals surface area (Å²) in [5.74, 6) is -0.638. The summed E-state index contributed by atoms with van der Waals surface area (Å²) in [6, 6.07) is 8.99. The lowest BCUT2D eigenvalue weighted by molar-refractivity contribution is 0.321. The molecule has 0 saturated heterocycles. The van der Waals surface area contributed by atoms with Crippen molar-refractivity contribution in [3.63, 3.8) is 0 Å². The zero-order chi connectivity index (χ0) is 14.5. The van der Waals surface area contributed by atoms with Crippen LogP contribution in [-0.2, 0) is 6.54 Å². The van der Waals surface area contributed by atoms with E-state index in [0.717, 1.165) is 0 Å². The molecule has 0 spiro atoms. The first-order valence-corrected chi connectivity index (χ1v) is 6.58. The third-order valence-electron chi connectivity index (χ3n) is 2.73. The minimum absolute atomic E-state index is 0.204. The molecule has 2 nitrogen and oxygen atoms in total. The second-order valence-electron chi connectivity index (χ2n) is 4.17. The molecule has 0 saturated carbocycles. The molecule has 20 heavy (non-hydrogen) atoms. The van der Waals surface area contributed by atoms with E-state index >= 15 is 0 Å². The van der Waals surface area contributed by atoms with Crippen LogP contribution < -0.4 is 10.1 Å². The van der Waals surface area contributed by atoms with Crippen molar-refractivity contribution in [3.05, 3.63) is 58.6 Å². The maximum Gasteiger partial charge on any atom is 0.167 e. The number of hydrogen-bond donors (Lipinski definition) is 1. The van der Waals surface area contributed by atoms with Crippen LogP contribution >= 0.6 is 11.6 Å². The highest BCUT2D eigenvalue weighted by Crippen LogP contribution is 2.22. The number of rotatable bonds is 5. The Balaban J connectivity index is 2.05. The largest absolute Gasteiger partial charge is 0.491 e. The van der Waals surface area contributed by atoms with E-state index in [1.807, 2.05) is 0 Å². The monoisotopic (exact) mass is 297 g/mol. The molecule has 0 atom stereocenters. The highest BCUT2D eigenvalue weighted by atomic mass is 35.5. The van der Waals surface area contributed by atoms with Gasteiger partial charge in [-0.05, 0) is 31.2 Å². The Bertz CT molecular complexity index is 604. The Morgan fingerprint density at radius 2 is 1.90 bits per heavy atom. The third-order valence-corrected chi connectivity index (χ3v) is 2.96. The van der Waals surface area contributed by atoms with Crippen LogP contribution in [0.4, 0.5) is 14.5 Å². The smallest absolute Gasteiger partial charge is 0.167 e. The van der Waals surface area contributed by atoms with E-state index in [-0.39, 0.29) is 12.3 Å². The van der Waals surface area contributed by atoms with Crippen LogP contribution in [-0.4, -0.2) is 6.61 Å². The zero-order valence-electron chi connectivity index (χ0n) is 10.9. The Labute approximate surface area is 121 Å². The summed E-state index contributed by atoms with van der Waals surface area (Å²) in [6.45, 7) is 2.44. The molecule has 1 N–H and O–H groups in total. The van der Waals surface area contributed by atoms with Crippen LogP contribution in [0.25, 0.3) is 0 Å². The molecule has 0 aliphatic heterocycles. The van der Waals surface area contributed by atoms with Crippen molar-refractivity contribution >= 4 is 17.3 Å². The molecule has 5 heteroatoms. The lowest BCUT2D eigenvalue weighted by Crippen LogP contribution is -2.02. The Kier molecular flexibility index (Phi) is 4.79. The lowest BCUT2D eigenvalue weighted by atomic mass is 10.2. The van der Waals surface area contributed by atoms with Gasteiger partial charge >= 0.3 is 0 Å². The van der Waals surface area contributed by atoms with Gasteiger partial charge in [0, 0.05) is 28.9 Å². The molecule has 0 radical (unpaired) electrons. The Morgan fingerprint density at radius 1 is 1.10 bits per heavy atom. The molecule has 0 aromatic heterocycles. The quantitative estimate of drug-likeness (QED) is 0.869. The van der Waals surface area contributed by atoms with Gasteiger partial charge in [0.25, 0.3) is 0 Å². The molecule has 0 unspecified atom stereocenters. The van der Waals surface area contributed by atoms with Crippen molar-refractivity contribution in [2.24, 2.45) is 0 Å². The SMILES string of the molecule is CCOc1ccc(NCc2ccc(Cl)cc2F)cc1F. The first-order chi connectivity index (χ1) is 9.60. The maximum atomic E-state index is 13.6. The van der Waals surface area contributed by atoms with Gasteiger partial charge in [0.15, 0.2) is 11.6 Å². The summed E-state index contributed by atoms with van der Waals surface area (Å²) in [6.07, 6.45) is 0. The molecule has 2 rings (SSSR count). The molecule has 0 aliphatic carbocycles. The van der Waals surface area contributed by atoms with Crippen LogP contribution in [0.3, 0.4) is 0 Å². The van der Waals surface area contributed by atoms with Crippen LogP contribution in [0.1, 0.15) is 12.5 Å². The lowest BCUT2D eigenvalue weighted by Gasteiger charge is -2.10. The molecule has 2 aromatic rings. The maximum absolute atomic E-state index is 13.6. The van der Waals surface area contributed by atoms with Gasteiger partial charge < -0.3 is 10.1 Å². The van der Waals surface area contributed by atoms with Crippen molar-refractivity contribution in [2.75, 3.05) is 11.9 Å². The molecule has 0 bridgehead atoms. The second-order valence-corrected chi connectivity index (χ2v) is 4.60. The summed E-state index contributed by atoms with van der Waals surface area (Å²) in [7, 11) is 0. The summed E-state index contributed by atoms with van der Waals surface area (Å²) >= 11 is 5.68. The summed E-state index contributed by atoms with van der Waals surface area (Å²) in [5, 5.41) is 3.30. The predicted octanol–water partition coefficient (Wildman–Crippen LogP) is 4.63. The van der Waals surface area contributed by atoms with Crippen molar-refractivity contribution in [2.45, 2.75) is 13.5 Å². The van der Waals surface area contributed by atoms with E-state index in [9.17, 15) is 8.78 Å². The molecule has 0 amide bonds. The minimum Gasteiger partial charge on any atom is -0.491 e. The van der Waals surface area contributed by atoms with Gasteiger partial charge in [-0.2, -0.15) is 0 Å². The Morgan fingerprint density at radius 3 is 2.55 bits per heavy atom. The van der Waals surface area contributed by atoms with E-state index in [1.54, 1.807) is 31.2 Å². The third kappa shape index (κ3) is 3.61. The number of ether oxygens (including phenoxy) is 1. The van der Waals surface area contributed by atoms with Crippen LogP contribution in [0.2, 0.25) is 5.02 Å². The summed E-state index contributed by atoms with van der Waals surface area (Å²) in [5.41, 5.74) is 1.02. The Hall–Kier alpha value is -1.81. The average Bonchev–Trinajstić information content (AvgIpc) is 2.41. The molecular formula is C15H14ClF2NO. The summed E-state index contributed by atoms with van der Waals surface area (Å²) in [4.78, 5) is 0. The highest BCUT2D eigenvalue weighted by Gasteiger charge is 2.06. The number of hydrogen-bond acceptors (Lipinski definition) is 2. The van der Waals surface area contributed by atoms with Gasteiger partial charge in [-0.3, -0.25) is 0 Å². The highest BCUT2D eigenvalue weighted by molar-refractivity contribution is 6.30. The molecule has 0 aliphatic rings. The van der Waals surface area contributed by atoms with Gasteiger partial charge in [-0.15, -0.1) is 0 Å². The molecule has 2 aromatic carbocycles. The normalized spacial score (nSPS) is 10.4. The topological polar surface area (TPSA) is 21.3 Å². The molecule has 0 fully saturated rings. The van der Waals surface area contributed by atoms with E-state index < -0.39 is 11.6 Å². The number of halogens is 3. The molecule has 0 heterocycles. The average molecular weight is 298 g/mol. The number of benzene rings is 2. The van der Waals surface area contributed by atoms with E-state index in [0.29, 0.717) is 22.9 Å². The van der Waals surface area contributed by atoms with Crippen molar-refractivity contribution in [1.29, 1.82) is 0 Å². The van der Waals surface area contributed by atoms with Gasteiger partial charge in [0.1, 0.15) is 5.82 Å². The van der Waals surface area contributed by atoms with E-state index in [2.05, 4.69) is 5.32 Å². The van der Waals surface area contributed by atoms with E-state index in [1.165, 1.54) is 12.1 Å². The first-order valence-electron chi connectivity index (χ1n) is 6.20. The molecule has 106 valence electrons.